The lowest BCUT2D eigenvalue weighted by atomic mass is 9.87. The van der Waals surface area contributed by atoms with Crippen molar-refractivity contribution in [1.82, 2.24) is 4.90 Å². The van der Waals surface area contributed by atoms with Gasteiger partial charge in [0.25, 0.3) is 0 Å². The first-order chi connectivity index (χ1) is 26.8. The minimum absolute atomic E-state index is 0.0197. The van der Waals surface area contributed by atoms with Crippen molar-refractivity contribution in [2.24, 2.45) is 11.8 Å². The summed E-state index contributed by atoms with van der Waals surface area (Å²) < 4.78 is 21.3. The molecule has 0 aromatic carbocycles. The summed E-state index contributed by atoms with van der Waals surface area (Å²) >= 11 is 0. The SMILES string of the molecule is CC(C)=CCC/C(C)=C/CCC1=CCC(C(=O)OCCOC(=O)CCN(C)CCC(=O)OCCOC(=O)C2CC=C(CC/C=C(\C)CCC=C(C)C)CC2)CC1. The number of rotatable bonds is 26. The van der Waals surface area contributed by atoms with Crippen molar-refractivity contribution < 1.29 is 38.1 Å². The van der Waals surface area contributed by atoms with Crippen molar-refractivity contribution in [2.75, 3.05) is 46.6 Å². The van der Waals surface area contributed by atoms with Crippen molar-refractivity contribution in [3.8, 4) is 0 Å². The molecule has 0 heterocycles. The Bertz CT molecular complexity index is 1320. The van der Waals surface area contributed by atoms with E-state index in [2.05, 4.69) is 78.0 Å². The van der Waals surface area contributed by atoms with Gasteiger partial charge in [-0.2, -0.15) is 0 Å². The predicted molar refractivity (Wildman–Crippen MR) is 225 cm³/mol. The van der Waals surface area contributed by atoms with E-state index >= 15 is 0 Å². The molecule has 0 radical (unpaired) electrons. The Kier molecular flexibility index (Phi) is 24.8. The van der Waals surface area contributed by atoms with Crippen LogP contribution in [0.2, 0.25) is 0 Å². The molecule has 0 aromatic heterocycles. The van der Waals surface area contributed by atoms with E-state index in [1.165, 1.54) is 33.4 Å². The molecule has 0 bridgehead atoms. The average Bonchev–Trinajstić information content (AvgIpc) is 3.16. The summed E-state index contributed by atoms with van der Waals surface area (Å²) in [5, 5.41) is 0. The summed E-state index contributed by atoms with van der Waals surface area (Å²) in [5.41, 5.74) is 8.40. The zero-order chi connectivity index (χ0) is 41.1. The van der Waals surface area contributed by atoms with Gasteiger partial charge in [-0.3, -0.25) is 19.2 Å². The number of nitrogens with zero attached hydrogens (tertiary/aromatic N) is 1. The molecule has 2 aliphatic carbocycles. The zero-order valence-corrected chi connectivity index (χ0v) is 35.9. The van der Waals surface area contributed by atoms with Crippen LogP contribution in [0.5, 0.6) is 0 Å². The molecule has 9 nitrogen and oxygen atoms in total. The van der Waals surface area contributed by atoms with Crippen molar-refractivity contribution in [1.29, 1.82) is 0 Å². The van der Waals surface area contributed by atoms with Crippen LogP contribution >= 0.6 is 0 Å². The molecule has 0 spiro atoms. The number of hydrogen-bond acceptors (Lipinski definition) is 9. The van der Waals surface area contributed by atoms with Gasteiger partial charge in [0, 0.05) is 13.1 Å². The van der Waals surface area contributed by atoms with Gasteiger partial charge in [0.2, 0.25) is 0 Å². The van der Waals surface area contributed by atoms with Crippen LogP contribution in [0.3, 0.4) is 0 Å². The van der Waals surface area contributed by atoms with Gasteiger partial charge in [-0.15, -0.1) is 0 Å². The number of ether oxygens (including phenoxy) is 4. The molecule has 0 aliphatic heterocycles. The van der Waals surface area contributed by atoms with E-state index < -0.39 is 0 Å². The fourth-order valence-corrected chi connectivity index (χ4v) is 6.70. The van der Waals surface area contributed by atoms with E-state index in [-0.39, 0.29) is 75.0 Å². The molecule has 2 unspecified atom stereocenters. The Hall–Kier alpha value is -3.72. The van der Waals surface area contributed by atoms with E-state index in [4.69, 9.17) is 18.9 Å². The molecule has 2 rings (SSSR count). The average molecular weight is 780 g/mol. The van der Waals surface area contributed by atoms with Gasteiger partial charge in [-0.1, -0.05) is 69.9 Å². The minimum atomic E-state index is -0.387. The van der Waals surface area contributed by atoms with Gasteiger partial charge in [-0.25, -0.2) is 0 Å². The van der Waals surface area contributed by atoms with Crippen molar-refractivity contribution in [3.05, 3.63) is 69.9 Å². The maximum absolute atomic E-state index is 12.5. The number of hydrogen-bond donors (Lipinski definition) is 0. The lowest BCUT2D eigenvalue weighted by Gasteiger charge is -2.20. The number of carbonyl (C=O) groups excluding carboxylic acids is 4. The first-order valence-electron chi connectivity index (χ1n) is 21.1. The maximum Gasteiger partial charge on any atom is 0.309 e. The highest BCUT2D eigenvalue weighted by Gasteiger charge is 2.24. The monoisotopic (exact) mass is 780 g/mol. The van der Waals surface area contributed by atoms with Gasteiger partial charge in [0.1, 0.15) is 26.4 Å². The zero-order valence-electron chi connectivity index (χ0n) is 35.9. The van der Waals surface area contributed by atoms with Crippen LogP contribution in [-0.4, -0.2) is 75.3 Å². The topological polar surface area (TPSA) is 108 Å². The van der Waals surface area contributed by atoms with Crippen molar-refractivity contribution >= 4 is 23.9 Å². The molecule has 0 N–H and O–H groups in total. The fraction of sp³-hybridized carbons (Fsp3) is 0.660. The minimum Gasteiger partial charge on any atom is -0.462 e. The Morgan fingerprint density at radius 2 is 0.964 bits per heavy atom. The summed E-state index contributed by atoms with van der Waals surface area (Å²) in [7, 11) is 1.81. The van der Waals surface area contributed by atoms with Gasteiger partial charge in [0.05, 0.1) is 24.7 Å². The van der Waals surface area contributed by atoms with E-state index in [1.807, 2.05) is 11.9 Å². The van der Waals surface area contributed by atoms with E-state index in [0.29, 0.717) is 25.9 Å². The number of allylic oxidation sites excluding steroid dienone is 12. The third-order valence-corrected chi connectivity index (χ3v) is 10.4. The maximum atomic E-state index is 12.5. The van der Waals surface area contributed by atoms with Crippen LogP contribution in [0.15, 0.2) is 69.9 Å². The molecule has 314 valence electrons. The summed E-state index contributed by atoms with van der Waals surface area (Å²) in [6, 6.07) is 0. The van der Waals surface area contributed by atoms with Crippen LogP contribution < -0.4 is 0 Å². The summed E-state index contributed by atoms with van der Waals surface area (Å²) in [6.45, 7) is 13.9. The van der Waals surface area contributed by atoms with Gasteiger partial charge in [-0.05, 0) is 138 Å². The van der Waals surface area contributed by atoms with Crippen LogP contribution in [0.4, 0.5) is 0 Å². The largest absolute Gasteiger partial charge is 0.462 e. The molecule has 0 aromatic rings. The van der Waals surface area contributed by atoms with E-state index in [0.717, 1.165) is 77.0 Å². The molecule has 2 aliphatic rings. The molecular weight excluding hydrogens is 707 g/mol. The predicted octanol–water partition coefficient (Wildman–Crippen LogP) is 10.3. The third kappa shape index (κ3) is 23.4. The second-order valence-electron chi connectivity index (χ2n) is 16.1. The molecule has 56 heavy (non-hydrogen) atoms. The Morgan fingerprint density at radius 1 is 0.571 bits per heavy atom. The van der Waals surface area contributed by atoms with E-state index in [1.54, 1.807) is 0 Å². The lowest BCUT2D eigenvalue weighted by molar-refractivity contribution is -0.155. The van der Waals surface area contributed by atoms with Gasteiger partial charge >= 0.3 is 23.9 Å². The van der Waals surface area contributed by atoms with Crippen LogP contribution in [0.25, 0.3) is 0 Å². The smallest absolute Gasteiger partial charge is 0.309 e. The molecule has 0 fully saturated rings. The molecule has 2 atom stereocenters. The Labute approximate surface area is 338 Å². The molecular formula is C47H73NO8. The first-order valence-corrected chi connectivity index (χ1v) is 21.1. The third-order valence-electron chi connectivity index (χ3n) is 10.4. The summed E-state index contributed by atoms with van der Waals surface area (Å²) in [6.07, 6.45) is 27.2. The van der Waals surface area contributed by atoms with Crippen LogP contribution in [-0.2, 0) is 38.1 Å². The Balaban J connectivity index is 1.47. The van der Waals surface area contributed by atoms with Crippen LogP contribution in [0, 0.1) is 11.8 Å². The highest BCUT2D eigenvalue weighted by molar-refractivity contribution is 5.73. The second-order valence-corrected chi connectivity index (χ2v) is 16.1. The van der Waals surface area contributed by atoms with E-state index in [9.17, 15) is 19.2 Å². The standard InChI is InChI=1S/C47H73NO8/c1-36(2)12-8-14-38(5)16-10-18-40-20-24-42(25-21-40)46(51)55-34-32-53-44(49)28-30-48(7)31-29-45(50)54-33-35-56-47(52)43-26-22-41(23-27-43)19-11-17-39(6)15-9-13-37(3)4/h12-13,16-17,20,22,42-43H,8-11,14-15,18-19,21,23-35H2,1-7H3/b38-16+,39-17+. The van der Waals surface area contributed by atoms with Gasteiger partial charge in [0.15, 0.2) is 0 Å². The normalized spacial score (nSPS) is 17.4. The fourth-order valence-electron chi connectivity index (χ4n) is 6.70. The molecule has 0 amide bonds. The molecule has 9 heteroatoms. The summed E-state index contributed by atoms with van der Waals surface area (Å²) in [4.78, 5) is 51.3. The first kappa shape index (κ1) is 48.4. The van der Waals surface area contributed by atoms with Crippen molar-refractivity contribution in [3.63, 3.8) is 0 Å². The summed E-state index contributed by atoms with van der Waals surface area (Å²) in [5.74, 6) is -1.53. The molecule has 0 saturated heterocycles. The lowest BCUT2D eigenvalue weighted by Crippen LogP contribution is -2.27. The quantitative estimate of drug-likeness (QED) is 0.0367. The second kappa shape index (κ2) is 28.6. The van der Waals surface area contributed by atoms with Crippen molar-refractivity contribution in [2.45, 2.75) is 144 Å². The highest BCUT2D eigenvalue weighted by atomic mass is 16.6. The van der Waals surface area contributed by atoms with Gasteiger partial charge < -0.3 is 23.8 Å². The number of esters is 4. The number of carbonyl (C=O) groups is 4. The highest BCUT2D eigenvalue weighted by Crippen LogP contribution is 2.29. The Morgan fingerprint density at radius 3 is 1.32 bits per heavy atom. The molecule has 0 saturated carbocycles. The van der Waals surface area contributed by atoms with Crippen LogP contribution in [0.1, 0.15) is 144 Å².